The molecule has 1 rings (SSSR count). The molecule has 0 radical (unpaired) electrons. The lowest BCUT2D eigenvalue weighted by molar-refractivity contribution is 0.518. The largest absolute Gasteiger partial charge is 0.365 e. The van der Waals surface area contributed by atoms with Gasteiger partial charge in [-0.25, -0.2) is 0 Å². The minimum absolute atomic E-state index is 0.0821. The number of hydrogen-bond donors (Lipinski definition) is 3. The van der Waals surface area contributed by atoms with E-state index in [1.54, 1.807) is 12.3 Å². The molecule has 1 aromatic heterocycles. The zero-order valence-electron chi connectivity index (χ0n) is 9.34. The number of pyridine rings is 1. The number of nitrogens with one attached hydrogen (secondary N) is 2. The fourth-order valence-electron chi connectivity index (χ4n) is 1.38. The minimum atomic E-state index is 0.0821. The van der Waals surface area contributed by atoms with Crippen LogP contribution in [-0.4, -0.2) is 17.6 Å². The fourth-order valence-corrected chi connectivity index (χ4v) is 1.38. The Morgan fingerprint density at radius 2 is 2.33 bits per heavy atom. The summed E-state index contributed by atoms with van der Waals surface area (Å²) in [7, 11) is 0. The first-order valence-corrected chi connectivity index (χ1v) is 5.25. The van der Waals surface area contributed by atoms with E-state index in [1.807, 2.05) is 6.92 Å². The third-order valence-electron chi connectivity index (χ3n) is 2.38. The van der Waals surface area contributed by atoms with Gasteiger partial charge < -0.3 is 16.0 Å². The smallest absolute Gasteiger partial charge is 0.186 e. The molecule has 1 heterocycles. The van der Waals surface area contributed by atoms with Crippen LogP contribution in [0.4, 0.5) is 0 Å². The maximum absolute atomic E-state index is 11.5. The lowest BCUT2D eigenvalue weighted by Gasteiger charge is -2.11. The van der Waals surface area contributed by atoms with Crippen molar-refractivity contribution < 1.29 is 0 Å². The van der Waals surface area contributed by atoms with Gasteiger partial charge in [0, 0.05) is 36.1 Å². The highest BCUT2D eigenvalue weighted by molar-refractivity contribution is 5.13. The molecule has 0 aliphatic carbocycles. The molecule has 4 nitrogen and oxygen atoms in total. The van der Waals surface area contributed by atoms with Gasteiger partial charge in [-0.3, -0.25) is 4.79 Å². The average molecular weight is 209 g/mol. The first-order valence-electron chi connectivity index (χ1n) is 5.25. The first-order chi connectivity index (χ1) is 7.13. The van der Waals surface area contributed by atoms with Gasteiger partial charge in [0.25, 0.3) is 0 Å². The van der Waals surface area contributed by atoms with Crippen molar-refractivity contribution in [2.24, 2.45) is 5.73 Å². The predicted molar refractivity (Wildman–Crippen MR) is 61.8 cm³/mol. The van der Waals surface area contributed by atoms with E-state index in [0.717, 1.165) is 17.7 Å². The molecular formula is C11H19N3O. The topological polar surface area (TPSA) is 70.9 Å². The molecular weight excluding hydrogens is 190 g/mol. The summed E-state index contributed by atoms with van der Waals surface area (Å²) in [5.74, 6) is 0. The van der Waals surface area contributed by atoms with Crippen LogP contribution in [0.15, 0.2) is 17.1 Å². The maximum Gasteiger partial charge on any atom is 0.186 e. The van der Waals surface area contributed by atoms with Gasteiger partial charge in [0.05, 0.1) is 0 Å². The highest BCUT2D eigenvalue weighted by Crippen LogP contribution is 1.94. The second-order valence-electron chi connectivity index (χ2n) is 3.86. The van der Waals surface area contributed by atoms with Crippen LogP contribution < -0.4 is 16.5 Å². The lowest BCUT2D eigenvalue weighted by Crippen LogP contribution is -2.29. The molecule has 0 aromatic carbocycles. The van der Waals surface area contributed by atoms with Crippen LogP contribution >= 0.6 is 0 Å². The second kappa shape index (κ2) is 5.68. The van der Waals surface area contributed by atoms with E-state index >= 15 is 0 Å². The van der Waals surface area contributed by atoms with Gasteiger partial charge in [0.1, 0.15) is 0 Å². The van der Waals surface area contributed by atoms with Crippen molar-refractivity contribution in [3.8, 4) is 0 Å². The Labute approximate surface area is 89.9 Å². The molecule has 15 heavy (non-hydrogen) atoms. The van der Waals surface area contributed by atoms with Gasteiger partial charge >= 0.3 is 0 Å². The third-order valence-corrected chi connectivity index (χ3v) is 2.38. The highest BCUT2D eigenvalue weighted by atomic mass is 16.1. The molecule has 0 bridgehead atoms. The van der Waals surface area contributed by atoms with Crippen molar-refractivity contribution in [2.45, 2.75) is 32.9 Å². The van der Waals surface area contributed by atoms with Crippen LogP contribution in [0.3, 0.4) is 0 Å². The van der Waals surface area contributed by atoms with Crippen molar-refractivity contribution in [2.75, 3.05) is 6.54 Å². The normalized spacial score (nSPS) is 12.7. The standard InChI is InChI=1S/C11H19N3O/c1-8(3-4-12)13-6-10-7-14-9(2)5-11(10)15/h5,7-8,13H,3-4,6,12H2,1-2H3,(H,14,15). The quantitative estimate of drug-likeness (QED) is 0.661. The Morgan fingerprint density at radius 1 is 1.60 bits per heavy atom. The Hall–Kier alpha value is -1.13. The maximum atomic E-state index is 11.5. The second-order valence-corrected chi connectivity index (χ2v) is 3.86. The zero-order chi connectivity index (χ0) is 11.3. The molecule has 0 saturated carbocycles. The van der Waals surface area contributed by atoms with Crippen molar-refractivity contribution >= 4 is 0 Å². The minimum Gasteiger partial charge on any atom is -0.365 e. The third kappa shape index (κ3) is 3.85. The van der Waals surface area contributed by atoms with Crippen LogP contribution in [-0.2, 0) is 6.54 Å². The van der Waals surface area contributed by atoms with E-state index in [1.165, 1.54) is 0 Å². The van der Waals surface area contributed by atoms with Crippen LogP contribution in [0.5, 0.6) is 0 Å². The molecule has 1 atom stereocenters. The fraction of sp³-hybridized carbons (Fsp3) is 0.545. The van der Waals surface area contributed by atoms with Crippen LogP contribution in [0.25, 0.3) is 0 Å². The predicted octanol–water partition coefficient (Wildman–Crippen LogP) is 0.510. The van der Waals surface area contributed by atoms with Crippen LogP contribution in [0, 0.1) is 6.92 Å². The molecule has 1 unspecified atom stereocenters. The Bertz CT molecular complexity index is 359. The summed E-state index contributed by atoms with van der Waals surface area (Å²) in [6.45, 7) is 5.19. The highest BCUT2D eigenvalue weighted by Gasteiger charge is 2.02. The number of aromatic amines is 1. The van der Waals surface area contributed by atoms with Crippen molar-refractivity contribution in [1.82, 2.24) is 10.3 Å². The summed E-state index contributed by atoms with van der Waals surface area (Å²) >= 11 is 0. The number of aromatic nitrogens is 1. The SMILES string of the molecule is Cc1cc(=O)c(CNC(C)CCN)c[nH]1. The van der Waals surface area contributed by atoms with E-state index in [2.05, 4.69) is 17.2 Å². The van der Waals surface area contributed by atoms with Crippen molar-refractivity contribution in [3.63, 3.8) is 0 Å². The van der Waals surface area contributed by atoms with Gasteiger partial charge in [0.15, 0.2) is 5.43 Å². The van der Waals surface area contributed by atoms with Gasteiger partial charge in [-0.2, -0.15) is 0 Å². The summed E-state index contributed by atoms with van der Waals surface area (Å²) in [6.07, 6.45) is 2.68. The van der Waals surface area contributed by atoms with Crippen LogP contribution in [0.2, 0.25) is 0 Å². The molecule has 0 saturated heterocycles. The molecule has 4 heteroatoms. The molecule has 0 amide bonds. The molecule has 0 spiro atoms. The number of nitrogens with two attached hydrogens (primary N) is 1. The molecule has 84 valence electrons. The lowest BCUT2D eigenvalue weighted by atomic mass is 10.2. The molecule has 0 aliphatic heterocycles. The summed E-state index contributed by atoms with van der Waals surface area (Å²) in [4.78, 5) is 14.6. The first kappa shape index (κ1) is 11.9. The van der Waals surface area contributed by atoms with Gasteiger partial charge in [0.2, 0.25) is 0 Å². The van der Waals surface area contributed by atoms with E-state index in [4.69, 9.17) is 5.73 Å². The van der Waals surface area contributed by atoms with E-state index in [-0.39, 0.29) is 5.43 Å². The number of hydrogen-bond acceptors (Lipinski definition) is 3. The summed E-state index contributed by atoms with van der Waals surface area (Å²) in [6, 6.07) is 1.96. The number of rotatable bonds is 5. The van der Waals surface area contributed by atoms with E-state index in [9.17, 15) is 4.79 Å². The van der Waals surface area contributed by atoms with Gasteiger partial charge in [-0.1, -0.05) is 0 Å². The molecule has 0 aliphatic rings. The number of aryl methyl sites for hydroxylation is 1. The Balaban J connectivity index is 2.54. The summed E-state index contributed by atoms with van der Waals surface area (Å²) in [5.41, 5.74) is 7.18. The van der Waals surface area contributed by atoms with E-state index in [0.29, 0.717) is 19.1 Å². The van der Waals surface area contributed by atoms with Crippen molar-refractivity contribution in [3.05, 3.63) is 33.7 Å². The summed E-state index contributed by atoms with van der Waals surface area (Å²) < 4.78 is 0. The van der Waals surface area contributed by atoms with Gasteiger partial charge in [-0.05, 0) is 26.8 Å². The monoisotopic (exact) mass is 209 g/mol. The van der Waals surface area contributed by atoms with Crippen molar-refractivity contribution in [1.29, 1.82) is 0 Å². The van der Waals surface area contributed by atoms with E-state index < -0.39 is 0 Å². The summed E-state index contributed by atoms with van der Waals surface area (Å²) in [5, 5.41) is 3.26. The molecule has 1 aromatic rings. The molecule has 0 fully saturated rings. The molecule has 4 N–H and O–H groups in total. The number of H-pyrrole nitrogens is 1. The Morgan fingerprint density at radius 3 is 2.93 bits per heavy atom. The Kier molecular flexibility index (Phi) is 4.52. The van der Waals surface area contributed by atoms with Gasteiger partial charge in [-0.15, -0.1) is 0 Å². The average Bonchev–Trinajstić information content (AvgIpc) is 2.17. The zero-order valence-corrected chi connectivity index (χ0v) is 9.34. The van der Waals surface area contributed by atoms with Crippen LogP contribution in [0.1, 0.15) is 24.6 Å².